The minimum absolute atomic E-state index is 0.0269. The summed E-state index contributed by atoms with van der Waals surface area (Å²) in [6, 6.07) is 9.48. The van der Waals surface area contributed by atoms with E-state index < -0.39 is 12.8 Å². The van der Waals surface area contributed by atoms with Crippen LogP contribution in [0.5, 0.6) is 0 Å². The molecule has 0 spiro atoms. The summed E-state index contributed by atoms with van der Waals surface area (Å²) >= 11 is 0. The van der Waals surface area contributed by atoms with Gasteiger partial charge in [-0.05, 0) is 26.0 Å². The van der Waals surface area contributed by atoms with E-state index in [1.54, 1.807) is 11.6 Å². The average Bonchev–Trinajstić information content (AvgIpc) is 2.92. The lowest BCUT2D eigenvalue weighted by Crippen LogP contribution is -2.38. The molecule has 154 valence electrons. The molecule has 1 aromatic carbocycles. The van der Waals surface area contributed by atoms with E-state index in [2.05, 4.69) is 9.84 Å². The molecule has 0 aliphatic heterocycles. The Morgan fingerprint density at radius 1 is 1.21 bits per heavy atom. The number of alkyl halides is 3. The molecule has 1 heterocycles. The van der Waals surface area contributed by atoms with Crippen LogP contribution >= 0.6 is 0 Å². The fourth-order valence-corrected chi connectivity index (χ4v) is 2.86. The smallest absolute Gasteiger partial charge is 0.395 e. The first-order chi connectivity index (χ1) is 13.2. The van der Waals surface area contributed by atoms with E-state index in [0.29, 0.717) is 5.69 Å². The van der Waals surface area contributed by atoms with Gasteiger partial charge in [-0.25, -0.2) is 4.68 Å². The van der Waals surface area contributed by atoms with E-state index in [-0.39, 0.29) is 38.6 Å². The summed E-state index contributed by atoms with van der Waals surface area (Å²) in [5, 5.41) is 13.7. The van der Waals surface area contributed by atoms with Crippen LogP contribution in [0.15, 0.2) is 30.3 Å². The highest BCUT2D eigenvalue weighted by Gasteiger charge is 2.27. The van der Waals surface area contributed by atoms with Crippen molar-refractivity contribution in [2.24, 2.45) is 0 Å². The second-order valence-electron chi connectivity index (χ2n) is 6.35. The molecule has 0 radical (unpaired) electrons. The van der Waals surface area contributed by atoms with Gasteiger partial charge in [0.05, 0.1) is 31.0 Å². The molecule has 0 aliphatic rings. The summed E-state index contributed by atoms with van der Waals surface area (Å²) in [6.07, 6.45) is -4.37. The Morgan fingerprint density at radius 3 is 2.50 bits per heavy atom. The van der Waals surface area contributed by atoms with Crippen molar-refractivity contribution in [1.29, 1.82) is 0 Å². The van der Waals surface area contributed by atoms with Crippen LogP contribution in [0.4, 0.5) is 13.2 Å². The van der Waals surface area contributed by atoms with E-state index in [1.165, 1.54) is 4.90 Å². The van der Waals surface area contributed by atoms with Crippen molar-refractivity contribution in [2.75, 3.05) is 32.9 Å². The molecule has 2 rings (SSSR count). The summed E-state index contributed by atoms with van der Waals surface area (Å²) in [6.45, 7) is 1.75. The van der Waals surface area contributed by atoms with Crippen LogP contribution in [-0.2, 0) is 16.0 Å². The molecular formula is C19H24F3N3O3. The Labute approximate surface area is 161 Å². The van der Waals surface area contributed by atoms with Crippen LogP contribution in [-0.4, -0.2) is 64.8 Å². The largest absolute Gasteiger partial charge is 0.411 e. The van der Waals surface area contributed by atoms with E-state index in [9.17, 15) is 18.0 Å². The first-order valence-corrected chi connectivity index (χ1v) is 8.86. The van der Waals surface area contributed by atoms with E-state index in [1.807, 2.05) is 37.3 Å². The predicted octanol–water partition coefficient (Wildman–Crippen LogP) is 2.43. The molecule has 0 unspecified atom stereocenters. The quantitative estimate of drug-likeness (QED) is 0.658. The lowest BCUT2D eigenvalue weighted by Gasteiger charge is -2.22. The van der Waals surface area contributed by atoms with Gasteiger partial charge < -0.3 is 14.7 Å². The van der Waals surface area contributed by atoms with Gasteiger partial charge in [0.25, 0.3) is 0 Å². The van der Waals surface area contributed by atoms with Gasteiger partial charge >= 0.3 is 6.18 Å². The molecular weight excluding hydrogens is 375 g/mol. The second kappa shape index (κ2) is 9.70. The molecule has 0 bridgehead atoms. The summed E-state index contributed by atoms with van der Waals surface area (Å²) in [5.74, 6) is -0.302. The van der Waals surface area contributed by atoms with Gasteiger partial charge in [0.15, 0.2) is 0 Å². The summed E-state index contributed by atoms with van der Waals surface area (Å²) < 4.78 is 42.8. The molecule has 1 aromatic heterocycles. The number of nitrogens with zero attached hydrogens (tertiary/aromatic N) is 3. The molecule has 0 fully saturated rings. The third-order valence-corrected chi connectivity index (χ3v) is 4.26. The van der Waals surface area contributed by atoms with Crippen molar-refractivity contribution in [2.45, 2.75) is 26.4 Å². The summed E-state index contributed by atoms with van der Waals surface area (Å²) in [7, 11) is 0. The maximum Gasteiger partial charge on any atom is 0.411 e. The molecule has 1 N–H and O–H groups in total. The van der Waals surface area contributed by atoms with Crippen LogP contribution in [0.25, 0.3) is 5.69 Å². The monoisotopic (exact) mass is 399 g/mol. The number of amides is 1. The van der Waals surface area contributed by atoms with Crippen molar-refractivity contribution in [3.05, 3.63) is 47.3 Å². The molecule has 28 heavy (non-hydrogen) atoms. The Hall–Kier alpha value is -2.39. The Bertz CT molecular complexity index is 776. The number of aliphatic hydroxyl groups excluding tert-OH is 1. The third kappa shape index (κ3) is 6.07. The maximum absolute atomic E-state index is 12.6. The van der Waals surface area contributed by atoms with Crippen LogP contribution in [0.1, 0.15) is 17.0 Å². The van der Waals surface area contributed by atoms with Crippen molar-refractivity contribution in [1.82, 2.24) is 14.7 Å². The zero-order chi connectivity index (χ0) is 20.7. The second-order valence-corrected chi connectivity index (χ2v) is 6.35. The van der Waals surface area contributed by atoms with Crippen molar-refractivity contribution >= 4 is 5.91 Å². The molecule has 0 aliphatic carbocycles. The number of aliphatic hydroxyl groups is 1. The maximum atomic E-state index is 12.6. The minimum atomic E-state index is -4.41. The highest BCUT2D eigenvalue weighted by atomic mass is 19.4. The number of benzene rings is 1. The summed E-state index contributed by atoms with van der Waals surface area (Å²) in [5.41, 5.74) is 3.14. The van der Waals surface area contributed by atoms with Crippen LogP contribution in [0, 0.1) is 13.8 Å². The van der Waals surface area contributed by atoms with Crippen LogP contribution < -0.4 is 0 Å². The highest BCUT2D eigenvalue weighted by Crippen LogP contribution is 2.19. The van der Waals surface area contributed by atoms with Crippen molar-refractivity contribution in [3.8, 4) is 5.69 Å². The van der Waals surface area contributed by atoms with Gasteiger partial charge in [0.2, 0.25) is 5.91 Å². The standard InChI is InChI=1S/C19H24F3N3O3/c1-14-17(15(2)25(23-14)16-6-4-3-5-7-16)12-18(27)24(8-10-26)9-11-28-13-19(20,21)22/h3-7,26H,8-13H2,1-2H3. The van der Waals surface area contributed by atoms with E-state index in [0.717, 1.165) is 16.9 Å². The normalized spacial score (nSPS) is 11.6. The number of hydrogen-bond acceptors (Lipinski definition) is 4. The van der Waals surface area contributed by atoms with Gasteiger partial charge in [-0.2, -0.15) is 18.3 Å². The number of hydrogen-bond donors (Lipinski definition) is 1. The van der Waals surface area contributed by atoms with Gasteiger partial charge in [0.1, 0.15) is 6.61 Å². The summed E-state index contributed by atoms with van der Waals surface area (Å²) in [4.78, 5) is 13.9. The molecule has 9 heteroatoms. The van der Waals surface area contributed by atoms with Crippen LogP contribution in [0.2, 0.25) is 0 Å². The lowest BCUT2D eigenvalue weighted by molar-refractivity contribution is -0.174. The average molecular weight is 399 g/mol. The molecule has 0 atom stereocenters. The van der Waals surface area contributed by atoms with Crippen molar-refractivity contribution < 1.29 is 27.8 Å². The molecule has 1 amide bonds. The number of rotatable bonds is 9. The SMILES string of the molecule is Cc1nn(-c2ccccc2)c(C)c1CC(=O)N(CCO)CCOCC(F)(F)F. The van der Waals surface area contributed by atoms with Crippen LogP contribution in [0.3, 0.4) is 0 Å². The Morgan fingerprint density at radius 2 is 1.89 bits per heavy atom. The zero-order valence-corrected chi connectivity index (χ0v) is 15.9. The third-order valence-electron chi connectivity index (χ3n) is 4.26. The predicted molar refractivity (Wildman–Crippen MR) is 97.3 cm³/mol. The fourth-order valence-electron chi connectivity index (χ4n) is 2.86. The topological polar surface area (TPSA) is 67.6 Å². The fraction of sp³-hybridized carbons (Fsp3) is 0.474. The number of para-hydroxylation sites is 1. The number of carbonyl (C=O) groups excluding carboxylic acids is 1. The Balaban J connectivity index is 2.06. The molecule has 6 nitrogen and oxygen atoms in total. The lowest BCUT2D eigenvalue weighted by atomic mass is 10.1. The van der Waals surface area contributed by atoms with Crippen molar-refractivity contribution in [3.63, 3.8) is 0 Å². The number of ether oxygens (including phenoxy) is 1. The number of carbonyl (C=O) groups is 1. The molecule has 0 saturated carbocycles. The molecule has 2 aromatic rings. The van der Waals surface area contributed by atoms with E-state index in [4.69, 9.17) is 5.11 Å². The number of halogens is 3. The van der Waals surface area contributed by atoms with Gasteiger partial charge in [-0.15, -0.1) is 0 Å². The Kier molecular flexibility index (Phi) is 7.59. The first kappa shape index (κ1) is 21.9. The van der Waals surface area contributed by atoms with Gasteiger partial charge in [-0.3, -0.25) is 4.79 Å². The van der Waals surface area contributed by atoms with E-state index >= 15 is 0 Å². The zero-order valence-electron chi connectivity index (χ0n) is 15.9. The molecule has 0 saturated heterocycles. The highest BCUT2D eigenvalue weighted by molar-refractivity contribution is 5.79. The van der Waals surface area contributed by atoms with Gasteiger partial charge in [0, 0.05) is 24.3 Å². The first-order valence-electron chi connectivity index (χ1n) is 8.86. The van der Waals surface area contributed by atoms with Gasteiger partial charge in [-0.1, -0.05) is 18.2 Å². The number of aromatic nitrogens is 2. The minimum Gasteiger partial charge on any atom is -0.395 e. The number of aryl methyl sites for hydroxylation is 1.